The van der Waals surface area contributed by atoms with Crippen LogP contribution in [-0.4, -0.2) is 26.2 Å². The first-order valence-electron chi connectivity index (χ1n) is 7.95. The van der Waals surface area contributed by atoms with Crippen LogP contribution in [0, 0.1) is 0 Å². The quantitative estimate of drug-likeness (QED) is 0.718. The molecule has 1 aliphatic rings. The van der Waals surface area contributed by atoms with Crippen molar-refractivity contribution in [2.75, 3.05) is 31.1 Å². The molecule has 2 rings (SSSR count). The van der Waals surface area contributed by atoms with E-state index in [9.17, 15) is 0 Å². The molecule has 0 fully saturated rings. The normalized spacial score (nSPS) is 14.5. The van der Waals surface area contributed by atoms with Gasteiger partial charge in [-0.3, -0.25) is 0 Å². The van der Waals surface area contributed by atoms with Crippen molar-refractivity contribution in [3.05, 3.63) is 29.8 Å². The molecule has 0 spiro atoms. The second-order valence-corrected chi connectivity index (χ2v) is 5.53. The fourth-order valence-corrected chi connectivity index (χ4v) is 2.88. The summed E-state index contributed by atoms with van der Waals surface area (Å²) in [5.41, 5.74) is 3.02. The third-order valence-electron chi connectivity index (χ3n) is 3.91. The fourth-order valence-electron chi connectivity index (χ4n) is 2.88. The summed E-state index contributed by atoms with van der Waals surface area (Å²) >= 11 is 0. The Labute approximate surface area is 118 Å². The van der Waals surface area contributed by atoms with Crippen LogP contribution in [-0.2, 0) is 6.42 Å². The van der Waals surface area contributed by atoms with Crippen molar-refractivity contribution in [3.8, 4) is 0 Å². The molecule has 0 unspecified atom stereocenters. The Hall–Kier alpha value is -1.02. The molecule has 0 saturated carbocycles. The van der Waals surface area contributed by atoms with E-state index in [-0.39, 0.29) is 0 Å². The van der Waals surface area contributed by atoms with Crippen LogP contribution in [0.25, 0.3) is 0 Å². The van der Waals surface area contributed by atoms with Crippen LogP contribution in [0.1, 0.15) is 44.6 Å². The van der Waals surface area contributed by atoms with Gasteiger partial charge in [-0.25, -0.2) is 0 Å². The van der Waals surface area contributed by atoms with E-state index >= 15 is 0 Å². The number of benzene rings is 1. The van der Waals surface area contributed by atoms with Crippen molar-refractivity contribution in [3.63, 3.8) is 0 Å². The zero-order valence-corrected chi connectivity index (χ0v) is 12.3. The van der Waals surface area contributed by atoms with Crippen LogP contribution in [0.2, 0.25) is 0 Å². The largest absolute Gasteiger partial charge is 0.371 e. The first kappa shape index (κ1) is 14.4. The standard InChI is InChI=1S/C17H28N2/c1-2-12-18-13-6-3-7-14-19-15-8-10-16-9-4-5-11-17(16)19/h4-5,9,11,18H,2-3,6-8,10,12-15H2,1H3. The van der Waals surface area contributed by atoms with E-state index in [1.165, 1.54) is 70.4 Å². The smallest absolute Gasteiger partial charge is 0.0398 e. The molecule has 0 bridgehead atoms. The third-order valence-corrected chi connectivity index (χ3v) is 3.91. The van der Waals surface area contributed by atoms with Crippen LogP contribution in [0.15, 0.2) is 24.3 Å². The van der Waals surface area contributed by atoms with E-state index in [2.05, 4.69) is 41.4 Å². The molecule has 1 N–H and O–H groups in total. The Morgan fingerprint density at radius 3 is 2.89 bits per heavy atom. The van der Waals surface area contributed by atoms with Gasteiger partial charge in [0.15, 0.2) is 0 Å². The summed E-state index contributed by atoms with van der Waals surface area (Å²) in [5.74, 6) is 0. The van der Waals surface area contributed by atoms with Crippen LogP contribution in [0.4, 0.5) is 5.69 Å². The molecule has 1 aromatic rings. The molecule has 1 aliphatic heterocycles. The predicted molar refractivity (Wildman–Crippen MR) is 84.0 cm³/mol. The number of nitrogens with zero attached hydrogens (tertiary/aromatic N) is 1. The number of hydrogen-bond donors (Lipinski definition) is 1. The highest BCUT2D eigenvalue weighted by molar-refractivity contribution is 5.55. The number of aryl methyl sites for hydroxylation is 1. The Balaban J connectivity index is 1.67. The van der Waals surface area contributed by atoms with Gasteiger partial charge in [0.05, 0.1) is 0 Å². The molecule has 0 atom stereocenters. The molecular formula is C17H28N2. The molecule has 106 valence electrons. The Kier molecular flexibility index (Phi) is 6.22. The second kappa shape index (κ2) is 8.21. The topological polar surface area (TPSA) is 15.3 Å². The van der Waals surface area contributed by atoms with Gasteiger partial charge in [-0.1, -0.05) is 31.5 Å². The van der Waals surface area contributed by atoms with Crippen molar-refractivity contribution >= 4 is 5.69 Å². The van der Waals surface area contributed by atoms with E-state index in [0.717, 1.165) is 0 Å². The summed E-state index contributed by atoms with van der Waals surface area (Å²) in [6.45, 7) is 7.04. The number of anilines is 1. The molecule has 2 nitrogen and oxygen atoms in total. The molecule has 0 radical (unpaired) electrons. The van der Waals surface area contributed by atoms with Gasteiger partial charge in [0.2, 0.25) is 0 Å². The summed E-state index contributed by atoms with van der Waals surface area (Å²) < 4.78 is 0. The average molecular weight is 260 g/mol. The van der Waals surface area contributed by atoms with E-state index < -0.39 is 0 Å². The maximum Gasteiger partial charge on any atom is 0.0398 e. The lowest BCUT2D eigenvalue weighted by molar-refractivity contribution is 0.584. The maximum atomic E-state index is 3.48. The molecule has 0 amide bonds. The zero-order chi connectivity index (χ0) is 13.3. The van der Waals surface area contributed by atoms with Crippen LogP contribution < -0.4 is 10.2 Å². The molecular weight excluding hydrogens is 232 g/mol. The summed E-state index contributed by atoms with van der Waals surface area (Å²) in [5, 5.41) is 3.48. The summed E-state index contributed by atoms with van der Waals surface area (Å²) in [6.07, 6.45) is 7.79. The van der Waals surface area contributed by atoms with Gasteiger partial charge in [0, 0.05) is 18.8 Å². The minimum Gasteiger partial charge on any atom is -0.371 e. The Morgan fingerprint density at radius 1 is 1.11 bits per heavy atom. The van der Waals surface area contributed by atoms with Crippen molar-refractivity contribution in [1.82, 2.24) is 5.32 Å². The van der Waals surface area contributed by atoms with Crippen molar-refractivity contribution < 1.29 is 0 Å². The van der Waals surface area contributed by atoms with Gasteiger partial charge in [-0.2, -0.15) is 0 Å². The summed E-state index contributed by atoms with van der Waals surface area (Å²) in [6, 6.07) is 8.92. The number of hydrogen-bond acceptors (Lipinski definition) is 2. The van der Waals surface area contributed by atoms with Crippen LogP contribution in [0.3, 0.4) is 0 Å². The van der Waals surface area contributed by atoms with Crippen molar-refractivity contribution in [1.29, 1.82) is 0 Å². The highest BCUT2D eigenvalue weighted by Crippen LogP contribution is 2.26. The van der Waals surface area contributed by atoms with Gasteiger partial charge in [-0.05, 0) is 56.8 Å². The number of nitrogens with one attached hydrogen (secondary N) is 1. The predicted octanol–water partition coefficient (Wildman–Crippen LogP) is 3.61. The molecule has 0 aromatic heterocycles. The maximum absolute atomic E-state index is 3.48. The second-order valence-electron chi connectivity index (χ2n) is 5.53. The fraction of sp³-hybridized carbons (Fsp3) is 0.647. The van der Waals surface area contributed by atoms with Gasteiger partial charge < -0.3 is 10.2 Å². The first-order chi connectivity index (χ1) is 9.42. The van der Waals surface area contributed by atoms with Crippen molar-refractivity contribution in [2.45, 2.75) is 45.4 Å². The molecule has 1 aromatic carbocycles. The van der Waals surface area contributed by atoms with Gasteiger partial charge >= 0.3 is 0 Å². The lowest BCUT2D eigenvalue weighted by Gasteiger charge is -2.31. The zero-order valence-electron chi connectivity index (χ0n) is 12.3. The highest BCUT2D eigenvalue weighted by Gasteiger charge is 2.14. The molecule has 0 saturated heterocycles. The molecule has 2 heteroatoms. The van der Waals surface area contributed by atoms with E-state index in [1.54, 1.807) is 5.56 Å². The van der Waals surface area contributed by atoms with Gasteiger partial charge in [-0.15, -0.1) is 0 Å². The molecule has 1 heterocycles. The average Bonchev–Trinajstić information content (AvgIpc) is 2.46. The summed E-state index contributed by atoms with van der Waals surface area (Å²) in [4.78, 5) is 2.58. The minimum atomic E-state index is 1.17. The van der Waals surface area contributed by atoms with Gasteiger partial charge in [0.1, 0.15) is 0 Å². The lowest BCUT2D eigenvalue weighted by atomic mass is 10.0. The Morgan fingerprint density at radius 2 is 2.00 bits per heavy atom. The summed E-state index contributed by atoms with van der Waals surface area (Å²) in [7, 11) is 0. The number of para-hydroxylation sites is 1. The number of unbranched alkanes of at least 4 members (excludes halogenated alkanes) is 2. The first-order valence-corrected chi connectivity index (χ1v) is 7.95. The van der Waals surface area contributed by atoms with Crippen LogP contribution in [0.5, 0.6) is 0 Å². The van der Waals surface area contributed by atoms with E-state index in [0.29, 0.717) is 0 Å². The van der Waals surface area contributed by atoms with Gasteiger partial charge in [0.25, 0.3) is 0 Å². The Bertz CT molecular complexity index is 362. The monoisotopic (exact) mass is 260 g/mol. The highest BCUT2D eigenvalue weighted by atomic mass is 15.1. The van der Waals surface area contributed by atoms with Crippen LogP contribution >= 0.6 is 0 Å². The molecule has 19 heavy (non-hydrogen) atoms. The number of fused-ring (bicyclic) bond motifs is 1. The minimum absolute atomic E-state index is 1.17. The third kappa shape index (κ3) is 4.54. The lowest BCUT2D eigenvalue weighted by Crippen LogP contribution is -2.30. The SMILES string of the molecule is CCCNCCCCCN1CCCc2ccccc21. The van der Waals surface area contributed by atoms with E-state index in [1.807, 2.05) is 0 Å². The van der Waals surface area contributed by atoms with Crippen molar-refractivity contribution in [2.24, 2.45) is 0 Å². The number of rotatable bonds is 8. The van der Waals surface area contributed by atoms with E-state index in [4.69, 9.17) is 0 Å². The molecule has 0 aliphatic carbocycles.